The van der Waals surface area contributed by atoms with Gasteiger partial charge in [-0.3, -0.25) is 4.98 Å². The monoisotopic (exact) mass is 530 g/mol. The van der Waals surface area contributed by atoms with Gasteiger partial charge >= 0.3 is 0 Å². The fourth-order valence-electron chi connectivity index (χ4n) is 5.88. The molecule has 5 heterocycles. The van der Waals surface area contributed by atoms with Crippen molar-refractivity contribution < 1.29 is 0 Å². The van der Waals surface area contributed by atoms with Crippen LogP contribution >= 0.6 is 0 Å². The summed E-state index contributed by atoms with van der Waals surface area (Å²) in [6.45, 7) is 6.60. The molecule has 8 nitrogen and oxygen atoms in total. The van der Waals surface area contributed by atoms with Gasteiger partial charge in [-0.05, 0) is 73.0 Å². The number of nitrogens with one attached hydrogen (secondary N) is 3. The minimum Gasteiger partial charge on any atom is -0.366 e. The Hall–Kier alpha value is -4.17. The number of piperidine rings is 1. The Morgan fingerprint density at radius 2 is 1.80 bits per heavy atom. The fourth-order valence-corrected chi connectivity index (χ4v) is 5.88. The summed E-state index contributed by atoms with van der Waals surface area (Å²) in [7, 11) is 0. The van der Waals surface area contributed by atoms with E-state index in [1.165, 1.54) is 24.8 Å². The lowest BCUT2D eigenvalue weighted by Crippen LogP contribution is -2.49. The molecule has 2 aliphatic rings. The highest BCUT2D eigenvalue weighted by Gasteiger charge is 2.33. The van der Waals surface area contributed by atoms with Crippen molar-refractivity contribution in [2.45, 2.75) is 51.5 Å². The first-order valence-electron chi connectivity index (χ1n) is 14.3. The van der Waals surface area contributed by atoms with Crippen molar-refractivity contribution in [3.8, 4) is 11.4 Å². The number of rotatable bonds is 6. The van der Waals surface area contributed by atoms with Crippen molar-refractivity contribution in [2.24, 2.45) is 5.41 Å². The molecule has 0 amide bonds. The van der Waals surface area contributed by atoms with Crippen molar-refractivity contribution in [3.05, 3.63) is 72.7 Å². The van der Waals surface area contributed by atoms with E-state index in [9.17, 15) is 0 Å². The van der Waals surface area contributed by atoms with Gasteiger partial charge in [0, 0.05) is 41.3 Å². The number of pyridine rings is 3. The Morgan fingerprint density at radius 3 is 2.65 bits per heavy atom. The van der Waals surface area contributed by atoms with Crippen LogP contribution in [-0.2, 0) is 0 Å². The van der Waals surface area contributed by atoms with E-state index in [4.69, 9.17) is 15.0 Å². The number of hydrogen-bond donors (Lipinski definition) is 3. The van der Waals surface area contributed by atoms with Crippen molar-refractivity contribution in [1.82, 2.24) is 30.2 Å². The molecule has 2 fully saturated rings. The highest BCUT2D eigenvalue weighted by molar-refractivity contribution is 5.93. The van der Waals surface area contributed by atoms with Crippen molar-refractivity contribution >= 4 is 39.3 Å². The van der Waals surface area contributed by atoms with E-state index in [1.54, 1.807) is 6.20 Å². The second-order valence-corrected chi connectivity index (χ2v) is 11.7. The van der Waals surface area contributed by atoms with Gasteiger partial charge in [0.1, 0.15) is 17.5 Å². The lowest BCUT2D eigenvalue weighted by molar-refractivity contribution is 0.236. The molecule has 5 aromatic rings. The van der Waals surface area contributed by atoms with Gasteiger partial charge in [0.2, 0.25) is 0 Å². The molecule has 0 radical (unpaired) electrons. The smallest absolute Gasteiger partial charge is 0.162 e. The molecule has 7 rings (SSSR count). The molecule has 0 bridgehead atoms. The maximum atomic E-state index is 5.18. The van der Waals surface area contributed by atoms with Crippen molar-refractivity contribution in [1.29, 1.82) is 0 Å². The molecule has 1 saturated heterocycles. The van der Waals surface area contributed by atoms with Crippen LogP contribution in [-0.4, -0.2) is 44.1 Å². The molecule has 0 unspecified atom stereocenters. The van der Waals surface area contributed by atoms with Crippen LogP contribution < -0.4 is 16.0 Å². The topological polar surface area (TPSA) is 101 Å². The third kappa shape index (κ3) is 4.73. The van der Waals surface area contributed by atoms with Crippen LogP contribution in [0.3, 0.4) is 0 Å². The van der Waals surface area contributed by atoms with E-state index in [1.807, 2.05) is 48.8 Å². The summed E-state index contributed by atoms with van der Waals surface area (Å²) in [6.07, 6.45) is 10.4. The lowest BCUT2D eigenvalue weighted by Gasteiger charge is -2.40. The molecule has 0 spiro atoms. The zero-order chi connectivity index (χ0) is 27.1. The van der Waals surface area contributed by atoms with Crippen LogP contribution in [0.15, 0.2) is 67.1 Å². The molecule has 1 atom stereocenters. The quantitative estimate of drug-likeness (QED) is 0.230. The number of benzene rings is 1. The molecule has 1 saturated carbocycles. The molecule has 1 aliphatic carbocycles. The van der Waals surface area contributed by atoms with Crippen molar-refractivity contribution in [3.63, 3.8) is 0 Å². The third-order valence-electron chi connectivity index (χ3n) is 8.50. The van der Waals surface area contributed by atoms with Crippen LogP contribution in [0, 0.1) is 5.41 Å². The van der Waals surface area contributed by atoms with Gasteiger partial charge in [-0.1, -0.05) is 38.5 Å². The minimum absolute atomic E-state index is 0.0972. The van der Waals surface area contributed by atoms with Crippen molar-refractivity contribution in [2.75, 3.05) is 23.7 Å². The Bertz CT molecular complexity index is 1690. The molecule has 8 heteroatoms. The molecule has 1 aromatic carbocycles. The molecule has 1 aliphatic heterocycles. The maximum Gasteiger partial charge on any atom is 0.162 e. The summed E-state index contributed by atoms with van der Waals surface area (Å²) < 4.78 is 0. The second kappa shape index (κ2) is 10.1. The Kier molecular flexibility index (Phi) is 6.27. The molecule has 202 valence electrons. The zero-order valence-corrected chi connectivity index (χ0v) is 23.0. The Balaban J connectivity index is 1.28. The van der Waals surface area contributed by atoms with Crippen LogP contribution in [0.5, 0.6) is 0 Å². The van der Waals surface area contributed by atoms with E-state index >= 15 is 0 Å². The van der Waals surface area contributed by atoms with Gasteiger partial charge in [0.25, 0.3) is 0 Å². The van der Waals surface area contributed by atoms with Crippen LogP contribution in [0.1, 0.15) is 51.0 Å². The first-order valence-corrected chi connectivity index (χ1v) is 14.3. The van der Waals surface area contributed by atoms with Crippen LogP contribution in [0.4, 0.5) is 17.5 Å². The zero-order valence-electron chi connectivity index (χ0n) is 23.0. The van der Waals surface area contributed by atoms with Crippen LogP contribution in [0.2, 0.25) is 0 Å². The van der Waals surface area contributed by atoms with Gasteiger partial charge < -0.3 is 16.0 Å². The number of nitrogens with zero attached hydrogens (tertiary/aromatic N) is 5. The molecule has 40 heavy (non-hydrogen) atoms. The summed E-state index contributed by atoms with van der Waals surface area (Å²) in [5.41, 5.74) is 4.07. The van der Waals surface area contributed by atoms with E-state index in [2.05, 4.69) is 51.9 Å². The van der Waals surface area contributed by atoms with Gasteiger partial charge in [-0.25, -0.2) is 19.9 Å². The van der Waals surface area contributed by atoms with Crippen LogP contribution in [0.25, 0.3) is 33.2 Å². The maximum absolute atomic E-state index is 5.18. The highest BCUT2D eigenvalue weighted by Crippen LogP contribution is 2.42. The molecule has 3 N–H and O–H groups in total. The first kappa shape index (κ1) is 24.8. The molecular formula is C32H34N8. The standard InChI is InChI=1S/C32H34N8/c1-32(2)19-33-14-13-26(32)38-31-29-23(20-7-5-8-20)17-34-18-25(29)37-30(40-31)22-12-15-35-28(16-22)39-27-11-10-21-6-3-4-9-24(21)36-27/h3-4,6,9-12,15-18,20,26,33H,5,7-8,13-14,19H2,1-2H3,(H,35,36,39)(H,37,38,40)/t26-/m1/s1. The summed E-state index contributed by atoms with van der Waals surface area (Å²) in [5, 5.41) is 13.0. The number of hydrogen-bond acceptors (Lipinski definition) is 8. The van der Waals surface area contributed by atoms with E-state index < -0.39 is 0 Å². The SMILES string of the molecule is CC1(C)CNCC[C@H]1Nc1nc(-c2ccnc(Nc3ccc4ccccc4n3)c2)nc2cncc(C3CCC3)c12. The van der Waals surface area contributed by atoms with Gasteiger partial charge in [0.05, 0.1) is 17.2 Å². The summed E-state index contributed by atoms with van der Waals surface area (Å²) in [5.74, 6) is 3.53. The Labute approximate surface area is 234 Å². The Morgan fingerprint density at radius 1 is 0.900 bits per heavy atom. The number of para-hydroxylation sites is 1. The number of aromatic nitrogens is 5. The summed E-state index contributed by atoms with van der Waals surface area (Å²) in [6, 6.07) is 16.4. The van der Waals surface area contributed by atoms with Gasteiger partial charge in [-0.15, -0.1) is 0 Å². The van der Waals surface area contributed by atoms with Gasteiger partial charge in [0.15, 0.2) is 5.82 Å². The lowest BCUT2D eigenvalue weighted by atomic mass is 9.78. The van der Waals surface area contributed by atoms with E-state index in [0.717, 1.165) is 58.5 Å². The number of anilines is 3. The average molecular weight is 531 g/mol. The largest absolute Gasteiger partial charge is 0.366 e. The van der Waals surface area contributed by atoms with Gasteiger partial charge in [-0.2, -0.15) is 0 Å². The predicted octanol–water partition coefficient (Wildman–Crippen LogP) is 6.45. The minimum atomic E-state index is 0.0972. The van der Waals surface area contributed by atoms with E-state index in [-0.39, 0.29) is 5.41 Å². The normalized spacial score (nSPS) is 18.9. The molecule has 4 aromatic heterocycles. The number of fused-ring (bicyclic) bond motifs is 2. The second-order valence-electron chi connectivity index (χ2n) is 11.7. The highest BCUT2D eigenvalue weighted by atomic mass is 15.1. The van der Waals surface area contributed by atoms with E-state index in [0.29, 0.717) is 23.6 Å². The fraction of sp³-hybridized carbons (Fsp3) is 0.344. The summed E-state index contributed by atoms with van der Waals surface area (Å²) >= 11 is 0. The average Bonchev–Trinajstić information content (AvgIpc) is 2.93. The third-order valence-corrected chi connectivity index (χ3v) is 8.50. The molecular weight excluding hydrogens is 496 g/mol. The summed E-state index contributed by atoms with van der Waals surface area (Å²) in [4.78, 5) is 24.1. The predicted molar refractivity (Wildman–Crippen MR) is 161 cm³/mol. The first-order chi connectivity index (χ1) is 19.5.